The molecule has 0 aliphatic heterocycles. The molecule has 0 N–H and O–H groups in total. The van der Waals surface area contributed by atoms with Gasteiger partial charge < -0.3 is 9.47 Å². The fourth-order valence-electron chi connectivity index (χ4n) is 0.539. The minimum atomic E-state index is -5.44. The SMILES string of the molecule is CCOC(=O)C(F)(OC)C(F)(F)F. The molecule has 13 heavy (non-hydrogen) atoms. The van der Waals surface area contributed by atoms with Crippen molar-refractivity contribution in [1.29, 1.82) is 0 Å². The number of hydrogen-bond acceptors (Lipinski definition) is 3. The zero-order chi connectivity index (χ0) is 10.7. The lowest BCUT2D eigenvalue weighted by molar-refractivity contribution is -0.316. The van der Waals surface area contributed by atoms with Crippen molar-refractivity contribution in [3.05, 3.63) is 0 Å². The molecule has 1 unspecified atom stereocenters. The molecule has 0 aromatic heterocycles. The van der Waals surface area contributed by atoms with E-state index in [1.54, 1.807) is 0 Å². The monoisotopic (exact) mass is 204 g/mol. The number of carbonyl (C=O) groups excluding carboxylic acids is 1. The fraction of sp³-hybridized carbons (Fsp3) is 0.833. The largest absolute Gasteiger partial charge is 0.462 e. The van der Waals surface area contributed by atoms with Crippen LogP contribution in [0.1, 0.15) is 6.92 Å². The maximum atomic E-state index is 12.8. The second-order valence-corrected chi connectivity index (χ2v) is 2.02. The molecule has 0 aromatic rings. The van der Waals surface area contributed by atoms with Crippen molar-refractivity contribution in [2.24, 2.45) is 0 Å². The number of rotatable bonds is 3. The number of alkyl halides is 4. The molecule has 0 amide bonds. The zero-order valence-electron chi connectivity index (χ0n) is 6.94. The van der Waals surface area contributed by atoms with Gasteiger partial charge >= 0.3 is 18.0 Å². The van der Waals surface area contributed by atoms with Gasteiger partial charge in [0.15, 0.2) is 0 Å². The van der Waals surface area contributed by atoms with Crippen LogP contribution in [-0.4, -0.2) is 31.7 Å². The molecule has 0 spiro atoms. The third-order valence-corrected chi connectivity index (χ3v) is 1.18. The summed E-state index contributed by atoms with van der Waals surface area (Å²) in [6.07, 6.45) is -5.44. The normalized spacial score (nSPS) is 16.5. The highest BCUT2D eigenvalue weighted by atomic mass is 19.4. The van der Waals surface area contributed by atoms with E-state index in [9.17, 15) is 22.4 Å². The topological polar surface area (TPSA) is 35.5 Å². The van der Waals surface area contributed by atoms with Gasteiger partial charge in [0.1, 0.15) is 0 Å². The third-order valence-electron chi connectivity index (χ3n) is 1.18. The van der Waals surface area contributed by atoms with E-state index in [-0.39, 0.29) is 6.61 Å². The van der Waals surface area contributed by atoms with Crippen LogP contribution >= 0.6 is 0 Å². The Morgan fingerprint density at radius 1 is 1.31 bits per heavy atom. The van der Waals surface area contributed by atoms with E-state index in [0.29, 0.717) is 7.11 Å². The summed E-state index contributed by atoms with van der Waals surface area (Å²) in [7, 11) is 0.435. The van der Waals surface area contributed by atoms with Crippen molar-refractivity contribution in [2.75, 3.05) is 13.7 Å². The fourth-order valence-corrected chi connectivity index (χ4v) is 0.539. The number of ether oxygens (including phenoxy) is 2. The van der Waals surface area contributed by atoms with Crippen molar-refractivity contribution in [1.82, 2.24) is 0 Å². The first-order valence-electron chi connectivity index (χ1n) is 3.27. The maximum Gasteiger partial charge on any atom is 0.460 e. The number of esters is 1. The number of methoxy groups -OCH3 is 1. The molecule has 0 heterocycles. The Balaban J connectivity index is 4.73. The summed E-state index contributed by atoms with van der Waals surface area (Å²) in [5.74, 6) is -6.46. The molecule has 0 aliphatic rings. The standard InChI is InChI=1S/C6H8F4O3/c1-3-13-4(11)5(7,12-2)6(8,9)10/h3H2,1-2H3. The van der Waals surface area contributed by atoms with Crippen molar-refractivity contribution in [3.63, 3.8) is 0 Å². The molecule has 3 nitrogen and oxygen atoms in total. The van der Waals surface area contributed by atoms with E-state index < -0.39 is 18.0 Å². The van der Waals surface area contributed by atoms with E-state index >= 15 is 0 Å². The first-order valence-corrected chi connectivity index (χ1v) is 3.27. The van der Waals surface area contributed by atoms with E-state index in [2.05, 4.69) is 9.47 Å². The number of halogens is 4. The Morgan fingerprint density at radius 2 is 1.77 bits per heavy atom. The molecular weight excluding hydrogens is 196 g/mol. The predicted octanol–water partition coefficient (Wildman–Crippen LogP) is 1.42. The Bertz CT molecular complexity index is 191. The molecule has 0 radical (unpaired) electrons. The van der Waals surface area contributed by atoms with Gasteiger partial charge in [-0.2, -0.15) is 17.6 Å². The molecule has 0 fully saturated rings. The quantitative estimate of drug-likeness (QED) is 0.515. The van der Waals surface area contributed by atoms with Crippen LogP contribution in [0.25, 0.3) is 0 Å². The van der Waals surface area contributed by atoms with E-state index in [1.807, 2.05) is 0 Å². The van der Waals surface area contributed by atoms with Gasteiger partial charge in [0.05, 0.1) is 6.61 Å². The summed E-state index contributed by atoms with van der Waals surface area (Å²) < 4.78 is 55.7. The minimum Gasteiger partial charge on any atom is -0.462 e. The first kappa shape index (κ1) is 12.2. The number of carbonyl (C=O) groups is 1. The summed E-state index contributed by atoms with van der Waals surface area (Å²) in [6, 6.07) is 0. The lowest BCUT2D eigenvalue weighted by Crippen LogP contribution is -2.50. The molecule has 7 heteroatoms. The van der Waals surface area contributed by atoms with Gasteiger partial charge in [-0.3, -0.25) is 0 Å². The van der Waals surface area contributed by atoms with Crippen molar-refractivity contribution < 1.29 is 31.8 Å². The Labute approximate surface area is 71.6 Å². The average molecular weight is 204 g/mol. The second-order valence-electron chi connectivity index (χ2n) is 2.02. The molecular formula is C6H8F4O3. The highest BCUT2D eigenvalue weighted by molar-refractivity contribution is 5.78. The second kappa shape index (κ2) is 3.91. The van der Waals surface area contributed by atoms with Gasteiger partial charge in [-0.15, -0.1) is 0 Å². The first-order chi connectivity index (χ1) is 5.79. The summed E-state index contributed by atoms with van der Waals surface area (Å²) in [5, 5.41) is 0. The molecule has 0 saturated carbocycles. The molecule has 1 atom stereocenters. The summed E-state index contributed by atoms with van der Waals surface area (Å²) in [5.41, 5.74) is 0. The summed E-state index contributed by atoms with van der Waals surface area (Å²) in [4.78, 5) is 10.5. The van der Waals surface area contributed by atoms with Crippen molar-refractivity contribution in [3.8, 4) is 0 Å². The van der Waals surface area contributed by atoms with Gasteiger partial charge in [-0.05, 0) is 6.92 Å². The molecule has 0 aliphatic carbocycles. The molecule has 0 aromatic carbocycles. The van der Waals surface area contributed by atoms with Gasteiger partial charge in [-0.1, -0.05) is 0 Å². The predicted molar refractivity (Wildman–Crippen MR) is 33.5 cm³/mol. The van der Waals surface area contributed by atoms with Gasteiger partial charge in [-0.25, -0.2) is 4.79 Å². The summed E-state index contributed by atoms with van der Waals surface area (Å²) in [6.45, 7) is 0.897. The van der Waals surface area contributed by atoms with Crippen LogP contribution in [0.5, 0.6) is 0 Å². The van der Waals surface area contributed by atoms with Crippen molar-refractivity contribution >= 4 is 5.97 Å². The van der Waals surface area contributed by atoms with E-state index in [4.69, 9.17) is 0 Å². The van der Waals surface area contributed by atoms with Crippen LogP contribution in [0.4, 0.5) is 17.6 Å². The molecule has 0 rings (SSSR count). The van der Waals surface area contributed by atoms with Crippen LogP contribution < -0.4 is 0 Å². The smallest absolute Gasteiger partial charge is 0.460 e. The maximum absolute atomic E-state index is 12.8. The Hall–Kier alpha value is -0.850. The lowest BCUT2D eigenvalue weighted by atomic mass is 10.3. The van der Waals surface area contributed by atoms with Crippen LogP contribution in [0.3, 0.4) is 0 Å². The van der Waals surface area contributed by atoms with Gasteiger partial charge in [0, 0.05) is 7.11 Å². The van der Waals surface area contributed by atoms with Gasteiger partial charge in [0.25, 0.3) is 0 Å². The van der Waals surface area contributed by atoms with E-state index in [0.717, 1.165) is 0 Å². The molecule has 0 bridgehead atoms. The molecule has 0 saturated heterocycles. The van der Waals surface area contributed by atoms with Crippen LogP contribution in [0.2, 0.25) is 0 Å². The third kappa shape index (κ3) is 2.30. The highest BCUT2D eigenvalue weighted by Crippen LogP contribution is 2.35. The van der Waals surface area contributed by atoms with Gasteiger partial charge in [0.2, 0.25) is 0 Å². The average Bonchev–Trinajstić information content (AvgIpc) is 2.01. The van der Waals surface area contributed by atoms with Crippen LogP contribution in [0.15, 0.2) is 0 Å². The zero-order valence-corrected chi connectivity index (χ0v) is 6.94. The summed E-state index contributed by atoms with van der Waals surface area (Å²) >= 11 is 0. The van der Waals surface area contributed by atoms with Crippen LogP contribution in [0, 0.1) is 0 Å². The minimum absolute atomic E-state index is 0.357. The number of hydrogen-bond donors (Lipinski definition) is 0. The Morgan fingerprint density at radius 3 is 2.00 bits per heavy atom. The van der Waals surface area contributed by atoms with Crippen molar-refractivity contribution in [2.45, 2.75) is 19.0 Å². The molecule has 78 valence electrons. The Kier molecular flexibility index (Phi) is 3.65. The lowest BCUT2D eigenvalue weighted by Gasteiger charge is -2.23. The highest BCUT2D eigenvalue weighted by Gasteiger charge is 2.64. The van der Waals surface area contributed by atoms with E-state index in [1.165, 1.54) is 6.92 Å². The van der Waals surface area contributed by atoms with Crippen LogP contribution in [-0.2, 0) is 14.3 Å².